The Hall–Kier alpha value is -3.02. The summed E-state index contributed by atoms with van der Waals surface area (Å²) in [4.78, 5) is 25.2. The fourth-order valence-electron chi connectivity index (χ4n) is 2.76. The highest BCUT2D eigenvalue weighted by Gasteiger charge is 2.19. The van der Waals surface area contributed by atoms with Gasteiger partial charge < -0.3 is 10.6 Å². The third-order valence-corrected chi connectivity index (χ3v) is 4.42. The van der Waals surface area contributed by atoms with Gasteiger partial charge in [-0.15, -0.1) is 0 Å². The molecule has 1 fully saturated rings. The third-order valence-electron chi connectivity index (χ3n) is 4.42. The zero-order valence-electron chi connectivity index (χ0n) is 13.8. The van der Waals surface area contributed by atoms with Crippen molar-refractivity contribution in [2.45, 2.75) is 31.8 Å². The molecule has 0 atom stereocenters. The van der Waals surface area contributed by atoms with Crippen LogP contribution in [-0.4, -0.2) is 27.0 Å². The number of fused-ring (bicyclic) bond motifs is 1. The van der Waals surface area contributed by atoms with Gasteiger partial charge in [0.25, 0.3) is 0 Å². The topological polar surface area (TPSA) is 79.8 Å². The fourth-order valence-corrected chi connectivity index (χ4v) is 2.76. The second-order valence-electron chi connectivity index (χ2n) is 6.26. The SMILES string of the molecule is O=C(NCc1cnc2nc(-c3ccccc3)cnc2c1)NC1CCC1. The summed E-state index contributed by atoms with van der Waals surface area (Å²) in [5, 5.41) is 5.81. The van der Waals surface area contributed by atoms with Gasteiger partial charge in [0.1, 0.15) is 5.52 Å². The molecule has 2 amide bonds. The molecule has 2 heterocycles. The van der Waals surface area contributed by atoms with Crippen molar-refractivity contribution in [3.8, 4) is 11.3 Å². The maximum absolute atomic E-state index is 11.8. The van der Waals surface area contributed by atoms with E-state index in [1.165, 1.54) is 6.42 Å². The smallest absolute Gasteiger partial charge is 0.315 e. The van der Waals surface area contributed by atoms with Gasteiger partial charge in [0.15, 0.2) is 5.65 Å². The van der Waals surface area contributed by atoms with Gasteiger partial charge in [0.05, 0.1) is 11.9 Å². The normalized spacial score (nSPS) is 14.1. The van der Waals surface area contributed by atoms with Gasteiger partial charge >= 0.3 is 6.03 Å². The zero-order chi connectivity index (χ0) is 17.1. The van der Waals surface area contributed by atoms with Gasteiger partial charge in [-0.1, -0.05) is 30.3 Å². The van der Waals surface area contributed by atoms with Crippen LogP contribution in [0.4, 0.5) is 4.79 Å². The van der Waals surface area contributed by atoms with E-state index in [4.69, 9.17) is 0 Å². The molecule has 25 heavy (non-hydrogen) atoms. The summed E-state index contributed by atoms with van der Waals surface area (Å²) in [5.41, 5.74) is 4.03. The summed E-state index contributed by atoms with van der Waals surface area (Å²) in [5.74, 6) is 0. The fraction of sp³-hybridized carbons (Fsp3) is 0.263. The molecule has 1 aliphatic carbocycles. The highest BCUT2D eigenvalue weighted by molar-refractivity contribution is 5.75. The van der Waals surface area contributed by atoms with Gasteiger partial charge in [0.2, 0.25) is 0 Å². The summed E-state index contributed by atoms with van der Waals surface area (Å²) >= 11 is 0. The number of amides is 2. The molecule has 3 aromatic rings. The van der Waals surface area contributed by atoms with Crippen LogP contribution in [0.3, 0.4) is 0 Å². The van der Waals surface area contributed by atoms with Gasteiger partial charge in [0, 0.05) is 24.3 Å². The van der Waals surface area contributed by atoms with E-state index in [1.54, 1.807) is 12.4 Å². The lowest BCUT2D eigenvalue weighted by atomic mass is 9.93. The number of rotatable bonds is 4. The zero-order valence-corrected chi connectivity index (χ0v) is 13.8. The van der Waals surface area contributed by atoms with E-state index in [0.717, 1.165) is 35.2 Å². The highest BCUT2D eigenvalue weighted by Crippen LogP contribution is 2.19. The molecule has 2 N–H and O–H groups in total. The first kappa shape index (κ1) is 15.5. The van der Waals surface area contributed by atoms with Crippen LogP contribution < -0.4 is 10.6 Å². The molecule has 4 rings (SSSR count). The molecule has 1 saturated carbocycles. The number of nitrogens with one attached hydrogen (secondary N) is 2. The Bertz CT molecular complexity index is 893. The van der Waals surface area contributed by atoms with Crippen LogP contribution in [0.1, 0.15) is 24.8 Å². The minimum Gasteiger partial charge on any atom is -0.335 e. The summed E-state index contributed by atoms with van der Waals surface area (Å²) in [6, 6.07) is 12.0. The van der Waals surface area contributed by atoms with Crippen LogP contribution in [0.2, 0.25) is 0 Å². The number of carbonyl (C=O) groups excluding carboxylic acids is 1. The van der Waals surface area contributed by atoms with E-state index >= 15 is 0 Å². The summed E-state index contributed by atoms with van der Waals surface area (Å²) in [7, 11) is 0. The molecule has 0 bridgehead atoms. The van der Waals surface area contributed by atoms with Crippen molar-refractivity contribution in [1.82, 2.24) is 25.6 Å². The quantitative estimate of drug-likeness (QED) is 0.769. The first-order valence-corrected chi connectivity index (χ1v) is 8.49. The van der Waals surface area contributed by atoms with Crippen molar-refractivity contribution in [2.24, 2.45) is 0 Å². The molecule has 0 saturated heterocycles. The second kappa shape index (κ2) is 6.84. The average Bonchev–Trinajstić information content (AvgIpc) is 2.63. The Labute approximate surface area is 145 Å². The molecule has 126 valence electrons. The van der Waals surface area contributed by atoms with E-state index in [9.17, 15) is 4.79 Å². The minimum atomic E-state index is -0.129. The molecule has 6 nitrogen and oxygen atoms in total. The maximum atomic E-state index is 11.8. The maximum Gasteiger partial charge on any atom is 0.315 e. The predicted molar refractivity (Wildman–Crippen MR) is 95.8 cm³/mol. The van der Waals surface area contributed by atoms with E-state index < -0.39 is 0 Å². The number of hydrogen-bond acceptors (Lipinski definition) is 4. The molecule has 0 radical (unpaired) electrons. The van der Waals surface area contributed by atoms with E-state index in [-0.39, 0.29) is 6.03 Å². The van der Waals surface area contributed by atoms with Crippen molar-refractivity contribution >= 4 is 17.2 Å². The first-order valence-electron chi connectivity index (χ1n) is 8.49. The number of pyridine rings is 1. The van der Waals surface area contributed by atoms with Crippen LogP contribution in [0.25, 0.3) is 22.4 Å². The Kier molecular flexibility index (Phi) is 4.24. The first-order chi connectivity index (χ1) is 12.3. The van der Waals surface area contributed by atoms with Crippen molar-refractivity contribution in [3.05, 3.63) is 54.4 Å². The number of nitrogens with zero attached hydrogens (tertiary/aromatic N) is 3. The van der Waals surface area contributed by atoms with Crippen molar-refractivity contribution < 1.29 is 4.79 Å². The Morgan fingerprint density at radius 1 is 1.12 bits per heavy atom. The molecule has 0 spiro atoms. The number of hydrogen-bond donors (Lipinski definition) is 2. The van der Waals surface area contributed by atoms with Gasteiger partial charge in [-0.25, -0.2) is 14.8 Å². The lowest BCUT2D eigenvalue weighted by Gasteiger charge is -2.26. The largest absolute Gasteiger partial charge is 0.335 e. The summed E-state index contributed by atoms with van der Waals surface area (Å²) in [6.07, 6.45) is 6.83. The molecule has 0 unspecified atom stereocenters. The van der Waals surface area contributed by atoms with Crippen molar-refractivity contribution in [2.75, 3.05) is 0 Å². The lowest BCUT2D eigenvalue weighted by Crippen LogP contribution is -2.44. The standard InChI is InChI=1S/C19H19N5O/c25-19(23-15-7-4-8-15)22-11-13-9-16-18(21-10-13)24-17(12-20-16)14-5-2-1-3-6-14/h1-3,5-6,9-10,12,15H,4,7-8,11H2,(H2,22,23,25). The molecule has 6 heteroatoms. The second-order valence-corrected chi connectivity index (χ2v) is 6.26. The number of aromatic nitrogens is 3. The monoisotopic (exact) mass is 333 g/mol. The third kappa shape index (κ3) is 3.57. The number of carbonyl (C=O) groups is 1. The van der Waals surface area contributed by atoms with Crippen molar-refractivity contribution in [3.63, 3.8) is 0 Å². The Morgan fingerprint density at radius 3 is 2.72 bits per heavy atom. The van der Waals surface area contributed by atoms with Crippen molar-refractivity contribution in [1.29, 1.82) is 0 Å². The van der Waals surface area contributed by atoms with Crippen LogP contribution in [0, 0.1) is 0 Å². The highest BCUT2D eigenvalue weighted by atomic mass is 16.2. The average molecular weight is 333 g/mol. The summed E-state index contributed by atoms with van der Waals surface area (Å²) in [6.45, 7) is 0.420. The summed E-state index contributed by atoms with van der Waals surface area (Å²) < 4.78 is 0. The lowest BCUT2D eigenvalue weighted by molar-refractivity contribution is 0.228. The van der Waals surface area contributed by atoms with Gasteiger partial charge in [-0.3, -0.25) is 4.98 Å². The van der Waals surface area contributed by atoms with E-state index in [0.29, 0.717) is 18.2 Å². The molecule has 1 aliphatic rings. The van der Waals surface area contributed by atoms with E-state index in [1.807, 2.05) is 36.4 Å². The Balaban J connectivity index is 1.46. The number of urea groups is 1. The molecule has 2 aromatic heterocycles. The van der Waals surface area contributed by atoms with Gasteiger partial charge in [-0.05, 0) is 30.9 Å². The van der Waals surface area contributed by atoms with Crippen LogP contribution in [0.15, 0.2) is 48.8 Å². The molecule has 1 aromatic carbocycles. The van der Waals surface area contributed by atoms with E-state index in [2.05, 4.69) is 25.6 Å². The van der Waals surface area contributed by atoms with Gasteiger partial charge in [-0.2, -0.15) is 0 Å². The van der Waals surface area contributed by atoms with Crippen LogP contribution >= 0.6 is 0 Å². The Morgan fingerprint density at radius 2 is 1.96 bits per heavy atom. The minimum absolute atomic E-state index is 0.129. The van der Waals surface area contributed by atoms with Crippen LogP contribution in [0.5, 0.6) is 0 Å². The van der Waals surface area contributed by atoms with Crippen LogP contribution in [-0.2, 0) is 6.54 Å². The predicted octanol–water partition coefficient (Wildman–Crippen LogP) is 3.04. The molecular weight excluding hydrogens is 314 g/mol. The molecule has 0 aliphatic heterocycles. The number of benzene rings is 1. The molecular formula is C19H19N5O.